The number of hydrogen-bond donors (Lipinski definition) is 0. The van der Waals surface area contributed by atoms with Gasteiger partial charge in [-0.25, -0.2) is 9.37 Å². The molecule has 0 fully saturated rings. The quantitative estimate of drug-likeness (QED) is 0.605. The minimum absolute atomic E-state index is 0.212. The SMILES string of the molecule is CCOC(=O)CCCn1c(CCl)nc2cc(F)c(C)cc21. The molecule has 0 saturated heterocycles. The van der Waals surface area contributed by atoms with E-state index in [-0.39, 0.29) is 17.7 Å². The van der Waals surface area contributed by atoms with E-state index >= 15 is 0 Å². The zero-order valence-corrected chi connectivity index (χ0v) is 12.9. The molecule has 2 aromatic rings. The van der Waals surface area contributed by atoms with Crippen molar-refractivity contribution in [2.24, 2.45) is 0 Å². The lowest BCUT2D eigenvalue weighted by Gasteiger charge is -2.08. The van der Waals surface area contributed by atoms with Gasteiger partial charge in [0.2, 0.25) is 0 Å². The van der Waals surface area contributed by atoms with Gasteiger partial charge in [0.1, 0.15) is 11.6 Å². The average Bonchev–Trinajstić information content (AvgIpc) is 2.77. The van der Waals surface area contributed by atoms with Crippen molar-refractivity contribution in [1.29, 1.82) is 0 Å². The molecule has 0 bridgehead atoms. The zero-order chi connectivity index (χ0) is 15.4. The first-order valence-corrected chi connectivity index (χ1v) is 7.47. The molecule has 0 amide bonds. The third-order valence-corrected chi connectivity index (χ3v) is 3.53. The fourth-order valence-corrected chi connectivity index (χ4v) is 2.47. The molecule has 2 rings (SSSR count). The number of alkyl halides is 1. The van der Waals surface area contributed by atoms with Crippen LogP contribution in [0.1, 0.15) is 31.2 Å². The second kappa shape index (κ2) is 6.89. The predicted octanol–water partition coefficient (Wildman–Crippen LogP) is 3.57. The first-order chi connectivity index (χ1) is 10.1. The first-order valence-electron chi connectivity index (χ1n) is 6.93. The summed E-state index contributed by atoms with van der Waals surface area (Å²) in [5.74, 6) is 0.436. The van der Waals surface area contributed by atoms with Crippen LogP contribution < -0.4 is 0 Å². The second-order valence-corrected chi connectivity index (χ2v) is 5.08. The highest BCUT2D eigenvalue weighted by Crippen LogP contribution is 2.22. The summed E-state index contributed by atoms with van der Waals surface area (Å²) in [5, 5.41) is 0. The van der Waals surface area contributed by atoms with Crippen LogP contribution in [-0.4, -0.2) is 22.1 Å². The fraction of sp³-hybridized carbons (Fsp3) is 0.467. The molecule has 1 aromatic carbocycles. The van der Waals surface area contributed by atoms with Crippen molar-refractivity contribution in [2.45, 2.75) is 39.1 Å². The Morgan fingerprint density at radius 1 is 1.48 bits per heavy atom. The number of benzene rings is 1. The normalized spacial score (nSPS) is 11.0. The number of carbonyl (C=O) groups is 1. The molecule has 0 aliphatic rings. The molecule has 0 saturated carbocycles. The van der Waals surface area contributed by atoms with E-state index in [1.165, 1.54) is 6.07 Å². The summed E-state index contributed by atoms with van der Waals surface area (Å²) < 4.78 is 20.4. The Morgan fingerprint density at radius 3 is 2.90 bits per heavy atom. The number of nitrogens with zero attached hydrogens (tertiary/aromatic N) is 2. The van der Waals surface area contributed by atoms with E-state index in [9.17, 15) is 9.18 Å². The minimum Gasteiger partial charge on any atom is -0.466 e. The second-order valence-electron chi connectivity index (χ2n) is 4.81. The van der Waals surface area contributed by atoms with Crippen LogP contribution in [0.4, 0.5) is 4.39 Å². The van der Waals surface area contributed by atoms with Gasteiger partial charge >= 0.3 is 5.97 Å². The molecule has 4 nitrogen and oxygen atoms in total. The minimum atomic E-state index is -0.278. The van der Waals surface area contributed by atoms with E-state index in [0.717, 1.165) is 5.52 Å². The highest BCUT2D eigenvalue weighted by atomic mass is 35.5. The third kappa shape index (κ3) is 3.53. The van der Waals surface area contributed by atoms with Gasteiger partial charge in [-0.15, -0.1) is 11.6 Å². The topological polar surface area (TPSA) is 44.1 Å². The monoisotopic (exact) mass is 312 g/mol. The molecule has 6 heteroatoms. The maximum Gasteiger partial charge on any atom is 0.305 e. The van der Waals surface area contributed by atoms with Crippen LogP contribution >= 0.6 is 11.6 Å². The lowest BCUT2D eigenvalue weighted by Crippen LogP contribution is -2.08. The number of imidazole rings is 1. The fourth-order valence-electron chi connectivity index (χ4n) is 2.27. The van der Waals surface area contributed by atoms with Gasteiger partial charge in [0.05, 0.1) is 23.5 Å². The van der Waals surface area contributed by atoms with Crippen LogP contribution in [0.15, 0.2) is 12.1 Å². The van der Waals surface area contributed by atoms with Crippen molar-refractivity contribution >= 4 is 28.6 Å². The largest absolute Gasteiger partial charge is 0.466 e. The Balaban J connectivity index is 2.21. The third-order valence-electron chi connectivity index (χ3n) is 3.30. The Kier molecular flexibility index (Phi) is 5.17. The standard InChI is InChI=1S/C15H18ClFN2O2/c1-3-21-15(20)5-4-6-19-13-7-10(2)11(17)8-12(13)18-14(19)9-16/h7-8H,3-6,9H2,1-2H3. The lowest BCUT2D eigenvalue weighted by molar-refractivity contribution is -0.143. The molecule has 0 aliphatic carbocycles. The van der Waals surface area contributed by atoms with Crippen molar-refractivity contribution in [3.05, 3.63) is 29.3 Å². The van der Waals surface area contributed by atoms with Gasteiger partial charge in [-0.05, 0) is 31.9 Å². The van der Waals surface area contributed by atoms with Crippen molar-refractivity contribution in [1.82, 2.24) is 9.55 Å². The van der Waals surface area contributed by atoms with Crippen molar-refractivity contribution in [3.8, 4) is 0 Å². The van der Waals surface area contributed by atoms with Crippen LogP contribution in [0, 0.1) is 12.7 Å². The molecular weight excluding hydrogens is 295 g/mol. The smallest absolute Gasteiger partial charge is 0.305 e. The van der Waals surface area contributed by atoms with Gasteiger partial charge < -0.3 is 9.30 Å². The number of aryl methyl sites for hydroxylation is 2. The lowest BCUT2D eigenvalue weighted by atomic mass is 10.2. The van der Waals surface area contributed by atoms with Crippen LogP contribution in [0.3, 0.4) is 0 Å². The summed E-state index contributed by atoms with van der Waals surface area (Å²) in [6.07, 6.45) is 0.972. The molecule has 1 aromatic heterocycles. The molecule has 0 aliphatic heterocycles. The van der Waals surface area contributed by atoms with E-state index < -0.39 is 0 Å². The van der Waals surface area contributed by atoms with Crippen molar-refractivity contribution in [3.63, 3.8) is 0 Å². The summed E-state index contributed by atoms with van der Waals surface area (Å²) in [5.41, 5.74) is 1.99. The Hall–Kier alpha value is -1.62. The molecule has 1 heterocycles. The first kappa shape index (κ1) is 15.8. The number of ether oxygens (including phenoxy) is 1. The number of aromatic nitrogens is 2. The van der Waals surface area contributed by atoms with Gasteiger partial charge in [-0.3, -0.25) is 4.79 Å². The highest BCUT2D eigenvalue weighted by molar-refractivity contribution is 6.16. The predicted molar refractivity (Wildman–Crippen MR) is 79.9 cm³/mol. The summed E-state index contributed by atoms with van der Waals surface area (Å²) >= 11 is 5.91. The summed E-state index contributed by atoms with van der Waals surface area (Å²) in [4.78, 5) is 15.7. The zero-order valence-electron chi connectivity index (χ0n) is 12.2. The molecule has 0 unspecified atom stereocenters. The maximum absolute atomic E-state index is 13.6. The molecule has 0 N–H and O–H groups in total. The number of hydrogen-bond acceptors (Lipinski definition) is 3. The van der Waals surface area contributed by atoms with E-state index in [0.29, 0.717) is 42.9 Å². The van der Waals surface area contributed by atoms with Crippen LogP contribution in [0.2, 0.25) is 0 Å². The molecule has 0 radical (unpaired) electrons. The molecule has 21 heavy (non-hydrogen) atoms. The van der Waals surface area contributed by atoms with Crippen LogP contribution in [0.25, 0.3) is 11.0 Å². The van der Waals surface area contributed by atoms with Crippen LogP contribution in [-0.2, 0) is 22.0 Å². The van der Waals surface area contributed by atoms with Gasteiger partial charge in [-0.2, -0.15) is 0 Å². The molecule has 114 valence electrons. The van der Waals surface area contributed by atoms with E-state index in [4.69, 9.17) is 16.3 Å². The Labute approximate surface area is 127 Å². The molecule has 0 atom stereocenters. The summed E-state index contributed by atoms with van der Waals surface area (Å²) in [7, 11) is 0. The average molecular weight is 313 g/mol. The van der Waals surface area contributed by atoms with Gasteiger partial charge in [-0.1, -0.05) is 0 Å². The number of carbonyl (C=O) groups excluding carboxylic acids is 1. The maximum atomic E-state index is 13.6. The van der Waals surface area contributed by atoms with Crippen molar-refractivity contribution < 1.29 is 13.9 Å². The van der Waals surface area contributed by atoms with Crippen LogP contribution in [0.5, 0.6) is 0 Å². The summed E-state index contributed by atoms with van der Waals surface area (Å²) in [6.45, 7) is 4.48. The van der Waals surface area contributed by atoms with E-state index in [2.05, 4.69) is 4.98 Å². The number of rotatable bonds is 6. The molecule has 0 spiro atoms. The van der Waals surface area contributed by atoms with Crippen molar-refractivity contribution in [2.75, 3.05) is 6.61 Å². The number of fused-ring (bicyclic) bond motifs is 1. The summed E-state index contributed by atoms with van der Waals surface area (Å²) in [6, 6.07) is 3.18. The van der Waals surface area contributed by atoms with Gasteiger partial charge in [0.15, 0.2) is 0 Å². The number of esters is 1. The highest BCUT2D eigenvalue weighted by Gasteiger charge is 2.13. The van der Waals surface area contributed by atoms with E-state index in [1.54, 1.807) is 19.9 Å². The van der Waals surface area contributed by atoms with Gasteiger partial charge in [0.25, 0.3) is 0 Å². The Bertz CT molecular complexity index is 655. The Morgan fingerprint density at radius 2 is 2.24 bits per heavy atom. The molecular formula is C15H18ClFN2O2. The number of halogens is 2. The van der Waals surface area contributed by atoms with E-state index in [1.807, 2.05) is 4.57 Å². The van der Waals surface area contributed by atoms with Gasteiger partial charge in [0, 0.05) is 19.0 Å².